The normalized spacial score (nSPS) is 34.1. The van der Waals surface area contributed by atoms with Crippen LogP contribution in [0.1, 0.15) is 25.7 Å². The molecule has 1 saturated carbocycles. The fourth-order valence-electron chi connectivity index (χ4n) is 3.16. The van der Waals surface area contributed by atoms with Crippen molar-refractivity contribution < 1.29 is 28.2 Å². The highest BCUT2D eigenvalue weighted by Gasteiger charge is 2.48. The van der Waals surface area contributed by atoms with E-state index in [9.17, 15) is 28.2 Å². The van der Waals surface area contributed by atoms with Crippen molar-refractivity contribution in [2.24, 2.45) is 11.8 Å². The summed E-state index contributed by atoms with van der Waals surface area (Å²) in [6.07, 6.45) is -5.43. The van der Waals surface area contributed by atoms with Gasteiger partial charge >= 0.3 is 6.18 Å². The number of aliphatic hydroxyl groups excluding tert-OH is 2. The van der Waals surface area contributed by atoms with Gasteiger partial charge in [-0.3, -0.25) is 0 Å². The molecule has 0 aliphatic heterocycles. The lowest BCUT2D eigenvalue weighted by Crippen LogP contribution is -2.37. The molecule has 2 N–H and O–H groups in total. The third-order valence-electron chi connectivity index (χ3n) is 4.30. The van der Waals surface area contributed by atoms with Crippen molar-refractivity contribution in [1.82, 2.24) is 0 Å². The van der Waals surface area contributed by atoms with Gasteiger partial charge in [0.1, 0.15) is 18.5 Å². The first-order valence-corrected chi connectivity index (χ1v) is 8.44. The van der Waals surface area contributed by atoms with E-state index in [0.717, 1.165) is 6.29 Å². The van der Waals surface area contributed by atoms with E-state index < -0.39 is 29.9 Å². The van der Waals surface area contributed by atoms with Crippen molar-refractivity contribution in [3.8, 4) is 0 Å². The first-order chi connectivity index (χ1) is 10.2. The number of rotatable bonds is 2. The highest BCUT2D eigenvalue weighted by atomic mass is 79.9. The monoisotopic (exact) mass is 446 g/mol. The van der Waals surface area contributed by atoms with Crippen LogP contribution in [0.5, 0.6) is 0 Å². The zero-order valence-corrected chi connectivity index (χ0v) is 14.6. The number of carbonyl (C=O) groups excluding carboxylic acids is 1. The summed E-state index contributed by atoms with van der Waals surface area (Å²) >= 11 is 5.96. The molecular formula is C14H15Br2F3O3. The Bertz CT molecular complexity index is 520. The fraction of sp³-hybridized carbons (Fsp3) is 0.643. The van der Waals surface area contributed by atoms with Crippen LogP contribution in [0.4, 0.5) is 13.2 Å². The van der Waals surface area contributed by atoms with Crippen molar-refractivity contribution in [2.75, 3.05) is 0 Å². The molecule has 1 fully saturated rings. The van der Waals surface area contributed by atoms with Crippen molar-refractivity contribution in [2.45, 2.75) is 44.1 Å². The van der Waals surface area contributed by atoms with Gasteiger partial charge in [0.25, 0.3) is 0 Å². The summed E-state index contributed by atoms with van der Waals surface area (Å²) in [5.74, 6) is -0.631. The lowest BCUT2D eigenvalue weighted by Gasteiger charge is -2.37. The minimum Gasteiger partial charge on any atom is -0.383 e. The smallest absolute Gasteiger partial charge is 0.383 e. The topological polar surface area (TPSA) is 57.5 Å². The number of hydrogen-bond acceptors (Lipinski definition) is 3. The molecule has 22 heavy (non-hydrogen) atoms. The Kier molecular flexibility index (Phi) is 5.57. The zero-order chi connectivity index (χ0) is 16.7. The molecule has 0 aromatic heterocycles. The molecular weight excluding hydrogens is 433 g/mol. The van der Waals surface area contributed by atoms with E-state index >= 15 is 0 Å². The van der Waals surface area contributed by atoms with Crippen LogP contribution in [0.3, 0.4) is 0 Å². The van der Waals surface area contributed by atoms with Crippen molar-refractivity contribution >= 4 is 38.1 Å². The van der Waals surface area contributed by atoms with E-state index in [-0.39, 0.29) is 20.5 Å². The summed E-state index contributed by atoms with van der Waals surface area (Å²) in [5, 5.41) is 20.2. The quantitative estimate of drug-likeness (QED) is 0.502. The van der Waals surface area contributed by atoms with Crippen LogP contribution in [0, 0.1) is 11.8 Å². The van der Waals surface area contributed by atoms with Gasteiger partial charge in [-0.1, -0.05) is 31.9 Å². The predicted molar refractivity (Wildman–Crippen MR) is 81.5 cm³/mol. The molecule has 0 heterocycles. The maximum Gasteiger partial charge on any atom is 0.415 e. The molecule has 2 unspecified atom stereocenters. The van der Waals surface area contributed by atoms with Crippen molar-refractivity contribution in [3.63, 3.8) is 0 Å². The third-order valence-corrected chi connectivity index (χ3v) is 6.55. The molecule has 8 heteroatoms. The fourth-order valence-corrected chi connectivity index (χ4v) is 4.07. The molecule has 2 atom stereocenters. The van der Waals surface area contributed by atoms with Crippen molar-refractivity contribution in [1.29, 1.82) is 0 Å². The lowest BCUT2D eigenvalue weighted by atomic mass is 9.74. The molecule has 0 aromatic carbocycles. The van der Waals surface area contributed by atoms with Gasteiger partial charge in [0.2, 0.25) is 0 Å². The van der Waals surface area contributed by atoms with Crippen LogP contribution in [-0.4, -0.2) is 34.9 Å². The van der Waals surface area contributed by atoms with E-state index in [4.69, 9.17) is 0 Å². The van der Waals surface area contributed by atoms with Gasteiger partial charge in [-0.2, -0.15) is 13.2 Å². The Morgan fingerprint density at radius 2 is 1.50 bits per heavy atom. The Morgan fingerprint density at radius 3 is 1.95 bits per heavy atom. The van der Waals surface area contributed by atoms with Gasteiger partial charge in [-0.15, -0.1) is 0 Å². The predicted octanol–water partition coefficient (Wildman–Crippen LogP) is 3.59. The Balaban J connectivity index is 2.43. The summed E-state index contributed by atoms with van der Waals surface area (Å²) in [4.78, 5) is 10.8. The summed E-state index contributed by atoms with van der Waals surface area (Å²) < 4.78 is 40.1. The van der Waals surface area contributed by atoms with E-state index in [1.807, 2.05) is 0 Å². The Hall–Kier alpha value is -0.180. The van der Waals surface area contributed by atoms with Gasteiger partial charge in [-0.05, 0) is 37.2 Å². The molecule has 0 aromatic rings. The number of aldehydes is 1. The minimum absolute atomic E-state index is 0.112. The van der Waals surface area contributed by atoms with Crippen molar-refractivity contribution in [3.05, 3.63) is 20.1 Å². The van der Waals surface area contributed by atoms with Gasteiger partial charge in [0.05, 0.1) is 5.57 Å². The van der Waals surface area contributed by atoms with Crippen LogP contribution in [0.2, 0.25) is 0 Å². The number of halogens is 5. The molecule has 2 aliphatic rings. The van der Waals surface area contributed by atoms with Gasteiger partial charge < -0.3 is 15.0 Å². The Morgan fingerprint density at radius 1 is 1.00 bits per heavy atom. The average molecular weight is 448 g/mol. The average Bonchev–Trinajstić information content (AvgIpc) is 2.47. The highest BCUT2D eigenvalue weighted by molar-refractivity contribution is 9.14. The van der Waals surface area contributed by atoms with Crippen LogP contribution < -0.4 is 0 Å². The second kappa shape index (κ2) is 6.75. The summed E-state index contributed by atoms with van der Waals surface area (Å²) in [5.41, 5.74) is -1.27. The first-order valence-electron chi connectivity index (χ1n) is 6.86. The molecule has 2 rings (SSSR count). The van der Waals surface area contributed by atoms with Crippen LogP contribution in [-0.2, 0) is 4.79 Å². The van der Waals surface area contributed by atoms with Crippen LogP contribution >= 0.6 is 31.9 Å². The summed E-state index contributed by atoms with van der Waals surface area (Å²) in [6.45, 7) is 0. The number of aliphatic hydroxyl groups is 2. The second-order valence-corrected chi connectivity index (χ2v) is 7.32. The Labute approximate surface area is 142 Å². The maximum absolute atomic E-state index is 13.4. The standard InChI is InChI=1S/C14H15Br2F3O3/c15-10-11(16)13(22)9(14(17,18)19)8(12(10)21)7-3-1-6(5-20)2-4-7/h5-7,12-13,21-22H,1-4H2. The number of hydrogen-bond donors (Lipinski definition) is 2. The molecule has 2 aliphatic carbocycles. The lowest BCUT2D eigenvalue weighted by molar-refractivity contribution is -0.112. The molecule has 0 saturated heterocycles. The summed E-state index contributed by atoms with van der Waals surface area (Å²) in [6, 6.07) is 0. The van der Waals surface area contributed by atoms with Crippen LogP contribution in [0.15, 0.2) is 20.1 Å². The molecule has 124 valence electrons. The van der Waals surface area contributed by atoms with Crippen LogP contribution in [0.25, 0.3) is 0 Å². The second-order valence-electron chi connectivity index (χ2n) is 5.62. The van der Waals surface area contributed by atoms with E-state index in [1.165, 1.54) is 0 Å². The third kappa shape index (κ3) is 3.34. The largest absolute Gasteiger partial charge is 0.415 e. The number of carbonyl (C=O) groups is 1. The maximum atomic E-state index is 13.4. The summed E-state index contributed by atoms with van der Waals surface area (Å²) in [7, 11) is 0. The van der Waals surface area contributed by atoms with E-state index in [0.29, 0.717) is 25.7 Å². The van der Waals surface area contributed by atoms with Gasteiger partial charge in [-0.25, -0.2) is 0 Å². The first kappa shape index (κ1) is 18.2. The van der Waals surface area contributed by atoms with Gasteiger partial charge in [0, 0.05) is 14.9 Å². The minimum atomic E-state index is -4.73. The molecule has 0 bridgehead atoms. The molecule has 0 spiro atoms. The van der Waals surface area contributed by atoms with E-state index in [1.54, 1.807) is 0 Å². The molecule has 3 nitrogen and oxygen atoms in total. The SMILES string of the molecule is O=CC1CCC(C2=C(C(F)(F)F)C(O)C(Br)=C(Br)C2O)CC1. The van der Waals surface area contributed by atoms with E-state index in [2.05, 4.69) is 31.9 Å². The molecule has 0 radical (unpaired) electrons. The highest BCUT2D eigenvalue weighted by Crippen LogP contribution is 2.48. The van der Waals surface area contributed by atoms with Gasteiger partial charge in [0.15, 0.2) is 0 Å². The number of alkyl halides is 3. The zero-order valence-electron chi connectivity index (χ0n) is 11.4. The molecule has 0 amide bonds.